The first-order valence-electron chi connectivity index (χ1n) is 6.65. The highest BCUT2D eigenvalue weighted by Crippen LogP contribution is 2.19. The molecule has 0 bridgehead atoms. The number of hydrogen-bond donors (Lipinski definition) is 1. The van der Waals surface area contributed by atoms with E-state index in [-0.39, 0.29) is 5.91 Å². The highest BCUT2D eigenvalue weighted by Gasteiger charge is 2.07. The van der Waals surface area contributed by atoms with Crippen LogP contribution in [0, 0.1) is 0 Å². The summed E-state index contributed by atoms with van der Waals surface area (Å²) < 4.78 is 2.06. The van der Waals surface area contributed by atoms with Crippen LogP contribution >= 0.6 is 0 Å². The zero-order valence-electron chi connectivity index (χ0n) is 11.9. The Balaban J connectivity index is 2.02. The Labute approximate surface area is 119 Å². The van der Waals surface area contributed by atoms with Gasteiger partial charge in [-0.05, 0) is 30.7 Å². The molecule has 0 aliphatic carbocycles. The molecule has 1 amide bonds. The van der Waals surface area contributed by atoms with Crippen molar-refractivity contribution >= 4 is 11.6 Å². The molecule has 0 saturated carbocycles. The SMILES string of the molecule is CN(C)C(=O)CCCn1ccnc1-c1ccc(N)cc1. The quantitative estimate of drug-likeness (QED) is 0.847. The van der Waals surface area contributed by atoms with Crippen molar-refractivity contribution in [1.82, 2.24) is 14.5 Å². The van der Waals surface area contributed by atoms with Gasteiger partial charge in [-0.15, -0.1) is 0 Å². The van der Waals surface area contributed by atoms with E-state index in [2.05, 4.69) is 9.55 Å². The molecule has 2 rings (SSSR count). The minimum atomic E-state index is 0.152. The molecule has 0 fully saturated rings. The van der Waals surface area contributed by atoms with E-state index < -0.39 is 0 Å². The molecule has 5 heteroatoms. The maximum Gasteiger partial charge on any atom is 0.222 e. The summed E-state index contributed by atoms with van der Waals surface area (Å²) in [7, 11) is 3.55. The summed E-state index contributed by atoms with van der Waals surface area (Å²) >= 11 is 0. The van der Waals surface area contributed by atoms with Crippen LogP contribution in [0.3, 0.4) is 0 Å². The summed E-state index contributed by atoms with van der Waals surface area (Å²) in [4.78, 5) is 17.5. The van der Waals surface area contributed by atoms with Crippen LogP contribution in [-0.4, -0.2) is 34.5 Å². The number of hydrogen-bond acceptors (Lipinski definition) is 3. The summed E-state index contributed by atoms with van der Waals surface area (Å²) in [5.74, 6) is 1.06. The first kappa shape index (κ1) is 14.1. The number of nitrogens with zero attached hydrogens (tertiary/aromatic N) is 3. The molecule has 0 unspecified atom stereocenters. The lowest BCUT2D eigenvalue weighted by Gasteiger charge is -2.11. The Hall–Kier alpha value is -2.30. The first-order valence-corrected chi connectivity index (χ1v) is 6.65. The van der Waals surface area contributed by atoms with Gasteiger partial charge in [0.1, 0.15) is 5.82 Å². The molecule has 0 aliphatic heterocycles. The molecule has 0 spiro atoms. The van der Waals surface area contributed by atoms with Gasteiger partial charge >= 0.3 is 0 Å². The second-order valence-electron chi connectivity index (χ2n) is 4.96. The van der Waals surface area contributed by atoms with Gasteiger partial charge < -0.3 is 15.2 Å². The van der Waals surface area contributed by atoms with E-state index in [1.165, 1.54) is 0 Å². The number of benzene rings is 1. The van der Waals surface area contributed by atoms with Crippen LogP contribution in [0.2, 0.25) is 0 Å². The van der Waals surface area contributed by atoms with Crippen molar-refractivity contribution < 1.29 is 4.79 Å². The van der Waals surface area contributed by atoms with Crippen molar-refractivity contribution in [3.63, 3.8) is 0 Å². The average molecular weight is 272 g/mol. The number of nitrogens with two attached hydrogens (primary N) is 1. The fourth-order valence-electron chi connectivity index (χ4n) is 2.01. The Morgan fingerprint density at radius 1 is 1.30 bits per heavy atom. The van der Waals surface area contributed by atoms with E-state index in [4.69, 9.17) is 5.73 Å². The van der Waals surface area contributed by atoms with Crippen LogP contribution in [0.1, 0.15) is 12.8 Å². The Kier molecular flexibility index (Phi) is 4.40. The molecule has 1 aromatic heterocycles. The third kappa shape index (κ3) is 3.38. The Morgan fingerprint density at radius 3 is 2.65 bits per heavy atom. The van der Waals surface area contributed by atoms with Gasteiger partial charge in [-0.3, -0.25) is 4.79 Å². The van der Waals surface area contributed by atoms with Crippen LogP contribution in [0.25, 0.3) is 11.4 Å². The number of carbonyl (C=O) groups is 1. The molecule has 1 aromatic carbocycles. The summed E-state index contributed by atoms with van der Waals surface area (Å²) in [6.45, 7) is 0.777. The van der Waals surface area contributed by atoms with Crippen molar-refractivity contribution in [2.24, 2.45) is 0 Å². The number of amides is 1. The number of carbonyl (C=O) groups excluding carboxylic acids is 1. The van der Waals surface area contributed by atoms with Crippen LogP contribution in [-0.2, 0) is 11.3 Å². The van der Waals surface area contributed by atoms with Gasteiger partial charge in [0, 0.05) is 50.7 Å². The predicted molar refractivity (Wildman–Crippen MR) is 80.0 cm³/mol. The first-order chi connectivity index (χ1) is 9.58. The third-order valence-electron chi connectivity index (χ3n) is 3.17. The standard InChI is InChI=1S/C15H20N4O/c1-18(2)14(20)4-3-10-19-11-9-17-15(19)12-5-7-13(16)8-6-12/h5-9,11H,3-4,10,16H2,1-2H3. The summed E-state index contributed by atoms with van der Waals surface area (Å²) in [6, 6.07) is 7.64. The minimum Gasteiger partial charge on any atom is -0.399 e. The second-order valence-corrected chi connectivity index (χ2v) is 4.96. The third-order valence-corrected chi connectivity index (χ3v) is 3.17. The van der Waals surface area contributed by atoms with Gasteiger partial charge in [0.2, 0.25) is 5.91 Å². The Morgan fingerprint density at radius 2 is 2.00 bits per heavy atom. The van der Waals surface area contributed by atoms with E-state index >= 15 is 0 Å². The largest absolute Gasteiger partial charge is 0.399 e. The molecule has 1 heterocycles. The highest BCUT2D eigenvalue weighted by atomic mass is 16.2. The van der Waals surface area contributed by atoms with Crippen LogP contribution in [0.5, 0.6) is 0 Å². The van der Waals surface area contributed by atoms with Gasteiger partial charge in [0.15, 0.2) is 0 Å². The lowest BCUT2D eigenvalue weighted by molar-refractivity contribution is -0.128. The molecule has 2 aromatic rings. The number of aromatic nitrogens is 2. The van der Waals surface area contributed by atoms with Gasteiger partial charge in [-0.1, -0.05) is 0 Å². The fraction of sp³-hybridized carbons (Fsp3) is 0.333. The zero-order valence-corrected chi connectivity index (χ0v) is 11.9. The number of imidazole rings is 1. The molecule has 2 N–H and O–H groups in total. The molecule has 0 aliphatic rings. The van der Waals surface area contributed by atoms with Gasteiger partial charge in [0.05, 0.1) is 0 Å². The van der Waals surface area contributed by atoms with Crippen LogP contribution in [0.15, 0.2) is 36.7 Å². The number of aryl methyl sites for hydroxylation is 1. The van der Waals surface area contributed by atoms with E-state index in [0.29, 0.717) is 6.42 Å². The summed E-state index contributed by atoms with van der Waals surface area (Å²) in [6.07, 6.45) is 5.06. The van der Waals surface area contributed by atoms with Gasteiger partial charge in [-0.25, -0.2) is 4.98 Å². The van der Waals surface area contributed by atoms with Crippen molar-refractivity contribution in [2.75, 3.05) is 19.8 Å². The molecule has 5 nitrogen and oxygen atoms in total. The van der Waals surface area contributed by atoms with Crippen molar-refractivity contribution in [2.45, 2.75) is 19.4 Å². The molecular weight excluding hydrogens is 252 g/mol. The maximum atomic E-state index is 11.6. The summed E-state index contributed by atoms with van der Waals surface area (Å²) in [5, 5.41) is 0. The van der Waals surface area contributed by atoms with E-state index in [1.807, 2.05) is 30.5 Å². The zero-order chi connectivity index (χ0) is 14.5. The lowest BCUT2D eigenvalue weighted by Crippen LogP contribution is -2.21. The van der Waals surface area contributed by atoms with Crippen molar-refractivity contribution in [3.05, 3.63) is 36.7 Å². The normalized spacial score (nSPS) is 10.5. The minimum absolute atomic E-state index is 0.152. The summed E-state index contributed by atoms with van der Waals surface area (Å²) in [5.41, 5.74) is 7.46. The number of nitrogen functional groups attached to an aromatic ring is 1. The van der Waals surface area contributed by atoms with E-state index in [9.17, 15) is 4.79 Å². The molecule has 0 saturated heterocycles. The average Bonchev–Trinajstić information content (AvgIpc) is 2.88. The number of anilines is 1. The van der Waals surface area contributed by atoms with Gasteiger partial charge in [0.25, 0.3) is 0 Å². The number of rotatable bonds is 5. The van der Waals surface area contributed by atoms with Crippen molar-refractivity contribution in [3.8, 4) is 11.4 Å². The molecule has 20 heavy (non-hydrogen) atoms. The monoisotopic (exact) mass is 272 g/mol. The van der Waals surface area contributed by atoms with Crippen LogP contribution in [0.4, 0.5) is 5.69 Å². The lowest BCUT2D eigenvalue weighted by atomic mass is 10.2. The predicted octanol–water partition coefficient (Wildman–Crippen LogP) is 2.00. The molecule has 106 valence electrons. The van der Waals surface area contributed by atoms with E-state index in [0.717, 1.165) is 30.0 Å². The molecular formula is C15H20N4O. The Bertz CT molecular complexity index is 572. The molecule has 0 atom stereocenters. The maximum absolute atomic E-state index is 11.6. The highest BCUT2D eigenvalue weighted by molar-refractivity contribution is 5.75. The van der Waals surface area contributed by atoms with Crippen molar-refractivity contribution in [1.29, 1.82) is 0 Å². The van der Waals surface area contributed by atoms with E-state index in [1.54, 1.807) is 25.2 Å². The van der Waals surface area contributed by atoms with Gasteiger partial charge in [-0.2, -0.15) is 0 Å². The van der Waals surface area contributed by atoms with Crippen LogP contribution < -0.4 is 5.73 Å². The topological polar surface area (TPSA) is 64.2 Å². The second kappa shape index (κ2) is 6.23. The molecule has 0 radical (unpaired) electrons. The fourth-order valence-corrected chi connectivity index (χ4v) is 2.01. The smallest absolute Gasteiger partial charge is 0.222 e.